The van der Waals surface area contributed by atoms with Gasteiger partial charge >= 0.3 is 0 Å². The average molecular weight is 365 g/mol. The third-order valence-corrected chi connectivity index (χ3v) is 4.66. The zero-order chi connectivity index (χ0) is 15.7. The van der Waals surface area contributed by atoms with E-state index in [-0.39, 0.29) is 0 Å². The van der Waals surface area contributed by atoms with Gasteiger partial charge in [0.05, 0.1) is 12.8 Å². The van der Waals surface area contributed by atoms with Crippen LogP contribution in [0.4, 0.5) is 5.69 Å². The van der Waals surface area contributed by atoms with E-state index in [1.807, 2.05) is 10.8 Å². The number of aromatic nitrogens is 2. The van der Waals surface area contributed by atoms with E-state index in [0.717, 1.165) is 29.1 Å². The van der Waals surface area contributed by atoms with Crippen LogP contribution in [0, 0.1) is 0 Å². The molecule has 0 aliphatic carbocycles. The summed E-state index contributed by atoms with van der Waals surface area (Å²) in [5, 5.41) is 0. The molecule has 0 N–H and O–H groups in total. The Bertz CT molecular complexity index is 655. The largest absolute Gasteiger partial charge is 0.494 e. The molecule has 1 aliphatic rings. The minimum Gasteiger partial charge on any atom is -0.494 e. The number of hydrogen-bond donors (Lipinski definition) is 0. The molecule has 0 amide bonds. The van der Waals surface area contributed by atoms with Gasteiger partial charge in [0.15, 0.2) is 0 Å². The van der Waals surface area contributed by atoms with Crippen molar-refractivity contribution in [2.24, 2.45) is 0 Å². The van der Waals surface area contributed by atoms with Crippen molar-refractivity contribution in [3.63, 3.8) is 0 Å². The van der Waals surface area contributed by atoms with Gasteiger partial charge in [0.25, 0.3) is 0 Å². The summed E-state index contributed by atoms with van der Waals surface area (Å²) in [7, 11) is 6.00. The predicted molar refractivity (Wildman–Crippen MR) is 92.1 cm³/mol. The molecule has 3 rings (SSSR count). The van der Waals surface area contributed by atoms with Crippen molar-refractivity contribution in [3.8, 4) is 11.4 Å². The molecule has 0 saturated carbocycles. The zero-order valence-corrected chi connectivity index (χ0v) is 14.7. The second-order valence-corrected chi connectivity index (χ2v) is 6.62. The van der Waals surface area contributed by atoms with E-state index in [0.29, 0.717) is 6.04 Å². The molecule has 5 nitrogen and oxygen atoms in total. The van der Waals surface area contributed by atoms with Crippen LogP contribution in [0.3, 0.4) is 0 Å². The Morgan fingerprint density at radius 3 is 2.77 bits per heavy atom. The van der Waals surface area contributed by atoms with Crippen LogP contribution in [0.1, 0.15) is 6.42 Å². The normalized spacial score (nSPS) is 18.2. The van der Waals surface area contributed by atoms with Crippen LogP contribution in [0.15, 0.2) is 35.3 Å². The lowest BCUT2D eigenvalue weighted by Gasteiger charge is -2.22. The zero-order valence-electron chi connectivity index (χ0n) is 13.2. The number of nitrogens with zero attached hydrogens (tertiary/aromatic N) is 4. The molecule has 1 fully saturated rings. The first kappa shape index (κ1) is 15.4. The molecule has 2 aromatic rings. The van der Waals surface area contributed by atoms with E-state index >= 15 is 0 Å². The van der Waals surface area contributed by atoms with Gasteiger partial charge in [-0.05, 0) is 48.6 Å². The molecule has 1 saturated heterocycles. The standard InChI is InChI=1S/C16H21BrN4O/c1-19(2)13-6-7-20(9-13)12-4-5-14(15(8-12)22-3)21-10-16(17)18-11-21/h4-5,8,10-11,13H,6-7,9H2,1-3H3/t13-/m1/s1. The Kier molecular flexibility index (Phi) is 4.40. The molecule has 1 aromatic carbocycles. The number of benzene rings is 1. The van der Waals surface area contributed by atoms with E-state index in [1.54, 1.807) is 13.4 Å². The fourth-order valence-electron chi connectivity index (χ4n) is 2.90. The minimum atomic E-state index is 0.621. The highest BCUT2D eigenvalue weighted by atomic mass is 79.9. The highest BCUT2D eigenvalue weighted by molar-refractivity contribution is 9.10. The van der Waals surface area contributed by atoms with Crippen LogP contribution < -0.4 is 9.64 Å². The fraction of sp³-hybridized carbons (Fsp3) is 0.438. The number of anilines is 1. The van der Waals surface area contributed by atoms with E-state index in [4.69, 9.17) is 4.74 Å². The van der Waals surface area contributed by atoms with Gasteiger partial charge in [0.2, 0.25) is 0 Å². The maximum absolute atomic E-state index is 5.58. The first-order chi connectivity index (χ1) is 10.6. The summed E-state index contributed by atoms with van der Waals surface area (Å²) in [4.78, 5) is 8.92. The van der Waals surface area contributed by atoms with Crippen molar-refractivity contribution in [3.05, 3.63) is 35.3 Å². The van der Waals surface area contributed by atoms with Crippen molar-refractivity contribution < 1.29 is 4.74 Å². The molecule has 118 valence electrons. The predicted octanol–water partition coefficient (Wildman–Crippen LogP) is 2.78. The number of likely N-dealkylation sites (N-methyl/N-ethyl adjacent to an activating group) is 1. The maximum Gasteiger partial charge on any atom is 0.144 e. The number of rotatable bonds is 4. The highest BCUT2D eigenvalue weighted by Gasteiger charge is 2.24. The molecule has 0 bridgehead atoms. The van der Waals surface area contributed by atoms with Gasteiger partial charge in [0.1, 0.15) is 16.7 Å². The van der Waals surface area contributed by atoms with Gasteiger partial charge in [-0.1, -0.05) is 0 Å². The number of halogens is 1. The molecule has 0 unspecified atom stereocenters. The molecule has 22 heavy (non-hydrogen) atoms. The smallest absolute Gasteiger partial charge is 0.144 e. The summed E-state index contributed by atoms with van der Waals surface area (Å²) in [6.07, 6.45) is 4.90. The highest BCUT2D eigenvalue weighted by Crippen LogP contribution is 2.31. The average Bonchev–Trinajstić information content (AvgIpc) is 3.15. The summed E-state index contributed by atoms with van der Waals surface area (Å²) in [6.45, 7) is 2.15. The van der Waals surface area contributed by atoms with Crippen LogP contribution in [-0.4, -0.2) is 54.8 Å². The lowest BCUT2D eigenvalue weighted by atomic mass is 10.2. The second-order valence-electron chi connectivity index (χ2n) is 5.81. The third kappa shape index (κ3) is 2.98. The summed E-state index contributed by atoms with van der Waals surface area (Å²) in [5.41, 5.74) is 2.21. The number of ether oxygens (including phenoxy) is 1. The Labute approximate surface area is 139 Å². The quantitative estimate of drug-likeness (QED) is 0.835. The molecule has 1 atom stereocenters. The van der Waals surface area contributed by atoms with Crippen LogP contribution in [0.2, 0.25) is 0 Å². The SMILES string of the molecule is COc1cc(N2CC[C@@H](N(C)C)C2)ccc1-n1cnc(Br)c1. The first-order valence-electron chi connectivity index (χ1n) is 7.38. The molecular weight excluding hydrogens is 344 g/mol. The summed E-state index contributed by atoms with van der Waals surface area (Å²) in [6, 6.07) is 6.98. The van der Waals surface area contributed by atoms with E-state index in [1.165, 1.54) is 12.1 Å². The van der Waals surface area contributed by atoms with Gasteiger partial charge in [-0.15, -0.1) is 0 Å². The Hall–Kier alpha value is -1.53. The molecule has 1 aliphatic heterocycles. The van der Waals surface area contributed by atoms with Crippen molar-refractivity contribution in [2.75, 3.05) is 39.2 Å². The maximum atomic E-state index is 5.58. The molecule has 6 heteroatoms. The molecule has 2 heterocycles. The van der Waals surface area contributed by atoms with Crippen molar-refractivity contribution in [1.82, 2.24) is 14.5 Å². The van der Waals surface area contributed by atoms with Crippen LogP contribution in [0.25, 0.3) is 5.69 Å². The third-order valence-electron chi connectivity index (χ3n) is 4.25. The Morgan fingerprint density at radius 1 is 1.36 bits per heavy atom. The van der Waals surface area contributed by atoms with Gasteiger partial charge in [-0.2, -0.15) is 0 Å². The van der Waals surface area contributed by atoms with Crippen molar-refractivity contribution >= 4 is 21.6 Å². The lowest BCUT2D eigenvalue weighted by molar-refractivity contribution is 0.315. The summed E-state index contributed by atoms with van der Waals surface area (Å²) >= 11 is 3.38. The van der Waals surface area contributed by atoms with Gasteiger partial charge < -0.3 is 19.1 Å². The van der Waals surface area contributed by atoms with Gasteiger partial charge in [-0.25, -0.2) is 4.98 Å². The summed E-state index contributed by atoms with van der Waals surface area (Å²) in [5.74, 6) is 0.857. The number of methoxy groups -OCH3 is 1. The molecule has 1 aromatic heterocycles. The monoisotopic (exact) mass is 364 g/mol. The van der Waals surface area contributed by atoms with Crippen LogP contribution in [-0.2, 0) is 0 Å². The Morgan fingerprint density at radius 2 is 2.18 bits per heavy atom. The van der Waals surface area contributed by atoms with Gasteiger partial charge in [0, 0.05) is 37.1 Å². The fourth-order valence-corrected chi connectivity index (χ4v) is 3.22. The summed E-state index contributed by atoms with van der Waals surface area (Å²) < 4.78 is 8.35. The number of hydrogen-bond acceptors (Lipinski definition) is 4. The molecule has 0 radical (unpaired) electrons. The van der Waals surface area contributed by atoms with Crippen LogP contribution in [0.5, 0.6) is 5.75 Å². The van der Waals surface area contributed by atoms with Gasteiger partial charge in [-0.3, -0.25) is 0 Å². The second kappa shape index (κ2) is 6.30. The Balaban J connectivity index is 1.86. The topological polar surface area (TPSA) is 33.5 Å². The molecular formula is C16H21BrN4O. The van der Waals surface area contributed by atoms with E-state index in [9.17, 15) is 0 Å². The first-order valence-corrected chi connectivity index (χ1v) is 8.17. The van der Waals surface area contributed by atoms with E-state index < -0.39 is 0 Å². The number of imidazole rings is 1. The van der Waals surface area contributed by atoms with Crippen molar-refractivity contribution in [2.45, 2.75) is 12.5 Å². The molecule has 0 spiro atoms. The minimum absolute atomic E-state index is 0.621. The van der Waals surface area contributed by atoms with Crippen LogP contribution >= 0.6 is 15.9 Å². The lowest BCUT2D eigenvalue weighted by Crippen LogP contribution is -2.31. The van der Waals surface area contributed by atoms with Crippen molar-refractivity contribution in [1.29, 1.82) is 0 Å². The van der Waals surface area contributed by atoms with E-state index in [2.05, 4.69) is 63.0 Å².